The van der Waals surface area contributed by atoms with Gasteiger partial charge in [-0.05, 0) is 6.92 Å². The second-order valence-corrected chi connectivity index (χ2v) is 7.38. The summed E-state index contributed by atoms with van der Waals surface area (Å²) in [6.07, 6.45) is -14.4. The summed E-state index contributed by atoms with van der Waals surface area (Å²) in [6, 6.07) is 1.10. The third-order valence-corrected chi connectivity index (χ3v) is 5.16. The van der Waals surface area contributed by atoms with E-state index in [1.165, 1.54) is 6.92 Å². The Morgan fingerprint density at radius 2 is 1.42 bits per heavy atom. The predicted molar refractivity (Wildman–Crippen MR) is 96.7 cm³/mol. The predicted octanol–water partition coefficient (Wildman–Crippen LogP) is -4.05. The zero-order valence-electron chi connectivity index (χ0n) is 16.4. The Morgan fingerprint density at radius 1 is 0.839 bits per heavy atom. The molecule has 0 aliphatic carbocycles. The minimum absolute atomic E-state index is 0.111. The lowest BCUT2D eigenvalue weighted by molar-refractivity contribution is -0.297. The molecule has 10 unspecified atom stereocenters. The van der Waals surface area contributed by atoms with Crippen LogP contribution in [0, 0.1) is 6.92 Å². The molecular weight excluding hydrogens is 424 g/mol. The summed E-state index contributed by atoms with van der Waals surface area (Å²) in [4.78, 5) is 11.9. The fourth-order valence-corrected chi connectivity index (χ4v) is 3.28. The van der Waals surface area contributed by atoms with E-state index < -0.39 is 66.8 Å². The number of hydrogen-bond acceptors (Lipinski definition) is 13. The molecule has 176 valence electrons. The number of rotatable bonds is 6. The van der Waals surface area contributed by atoms with Gasteiger partial charge in [0, 0.05) is 6.07 Å². The van der Waals surface area contributed by atoms with E-state index in [1.54, 1.807) is 0 Å². The van der Waals surface area contributed by atoms with E-state index in [4.69, 9.17) is 23.4 Å². The van der Waals surface area contributed by atoms with Gasteiger partial charge in [0.05, 0.1) is 19.5 Å². The molecule has 0 aromatic carbocycles. The standard InChI is InChI=1S/C18H26O13/c1-6-16(7(19)2-3-28-6)31-18-15(25)13(23)11(21)9(30-18)5-27-4-8-10(20)12(22)14(24)17(26)29-8/h2-3,8-15,17-18,20-26H,4-5H2,1H3. The van der Waals surface area contributed by atoms with Crippen LogP contribution in [0.3, 0.4) is 0 Å². The Morgan fingerprint density at radius 3 is 2.03 bits per heavy atom. The second-order valence-electron chi connectivity index (χ2n) is 7.38. The largest absolute Gasteiger partial charge is 0.465 e. The molecule has 3 rings (SSSR count). The summed E-state index contributed by atoms with van der Waals surface area (Å²) >= 11 is 0. The quantitative estimate of drug-likeness (QED) is 0.220. The van der Waals surface area contributed by atoms with E-state index in [1.807, 2.05) is 0 Å². The van der Waals surface area contributed by atoms with Gasteiger partial charge < -0.3 is 59.1 Å². The second kappa shape index (κ2) is 9.87. The van der Waals surface area contributed by atoms with Crippen molar-refractivity contribution in [3.8, 4) is 5.75 Å². The molecule has 0 spiro atoms. The monoisotopic (exact) mass is 450 g/mol. The lowest BCUT2D eigenvalue weighted by Gasteiger charge is -2.41. The molecular formula is C18H26O13. The van der Waals surface area contributed by atoms with Crippen molar-refractivity contribution < 1.29 is 59.1 Å². The van der Waals surface area contributed by atoms with Crippen molar-refractivity contribution in [1.82, 2.24) is 0 Å². The maximum atomic E-state index is 11.9. The molecule has 2 saturated heterocycles. The Labute approximate surface area is 175 Å². The molecule has 2 fully saturated rings. The summed E-state index contributed by atoms with van der Waals surface area (Å²) in [5.41, 5.74) is -0.546. The first kappa shape index (κ1) is 24.0. The summed E-state index contributed by atoms with van der Waals surface area (Å²) < 4.78 is 26.2. The van der Waals surface area contributed by atoms with E-state index in [0.29, 0.717) is 0 Å². The van der Waals surface area contributed by atoms with Crippen molar-refractivity contribution in [2.75, 3.05) is 13.2 Å². The van der Waals surface area contributed by atoms with Gasteiger partial charge >= 0.3 is 0 Å². The third-order valence-electron chi connectivity index (χ3n) is 5.16. The molecule has 13 heteroatoms. The lowest BCUT2D eigenvalue weighted by Crippen LogP contribution is -2.61. The van der Waals surface area contributed by atoms with Gasteiger partial charge in [-0.1, -0.05) is 0 Å². The molecule has 0 bridgehead atoms. The Hall–Kier alpha value is -1.65. The van der Waals surface area contributed by atoms with E-state index in [9.17, 15) is 40.5 Å². The van der Waals surface area contributed by atoms with Crippen molar-refractivity contribution in [3.05, 3.63) is 28.3 Å². The van der Waals surface area contributed by atoms with Crippen LogP contribution in [0.25, 0.3) is 0 Å². The topological polar surface area (TPSA) is 209 Å². The van der Waals surface area contributed by atoms with Gasteiger partial charge in [0.1, 0.15) is 54.6 Å². The Kier molecular flexibility index (Phi) is 7.64. The highest BCUT2D eigenvalue weighted by Crippen LogP contribution is 2.25. The maximum absolute atomic E-state index is 11.9. The first-order valence-electron chi connectivity index (χ1n) is 9.52. The van der Waals surface area contributed by atoms with Crippen LogP contribution in [0.15, 0.2) is 21.5 Å². The molecule has 7 N–H and O–H groups in total. The van der Waals surface area contributed by atoms with Gasteiger partial charge in [0.25, 0.3) is 0 Å². The maximum Gasteiger partial charge on any atom is 0.229 e. The average Bonchev–Trinajstić information content (AvgIpc) is 2.73. The Balaban J connectivity index is 1.61. The minimum atomic E-state index is -1.74. The van der Waals surface area contributed by atoms with Gasteiger partial charge in [-0.2, -0.15) is 0 Å². The smallest absolute Gasteiger partial charge is 0.229 e. The van der Waals surface area contributed by atoms with Crippen LogP contribution in [0.1, 0.15) is 5.76 Å². The molecule has 10 atom stereocenters. The molecule has 1 aromatic rings. The minimum Gasteiger partial charge on any atom is -0.465 e. The van der Waals surface area contributed by atoms with Crippen LogP contribution < -0.4 is 10.2 Å². The third kappa shape index (κ3) is 5.06. The number of hydrogen-bond donors (Lipinski definition) is 7. The molecule has 0 radical (unpaired) electrons. The van der Waals surface area contributed by atoms with Crippen LogP contribution in [-0.2, 0) is 14.2 Å². The normalized spacial score (nSPS) is 41.2. The molecule has 1 aromatic heterocycles. The van der Waals surface area contributed by atoms with Gasteiger partial charge in [-0.25, -0.2) is 0 Å². The van der Waals surface area contributed by atoms with Gasteiger partial charge in [0.15, 0.2) is 6.29 Å². The molecule has 0 amide bonds. The van der Waals surface area contributed by atoms with Gasteiger partial charge in [0.2, 0.25) is 17.5 Å². The SMILES string of the molecule is Cc1occc(=O)c1OC1OC(COCC2OC(O)C(O)C(O)C2O)C(O)C(O)C1O. The molecule has 2 aliphatic rings. The zero-order valence-corrected chi connectivity index (χ0v) is 16.4. The van der Waals surface area contributed by atoms with Crippen LogP contribution >= 0.6 is 0 Å². The molecule has 3 heterocycles. The van der Waals surface area contributed by atoms with Gasteiger partial charge in [-0.3, -0.25) is 4.79 Å². The number of aryl methyl sites for hydroxylation is 1. The zero-order chi connectivity index (χ0) is 22.9. The summed E-state index contributed by atoms with van der Waals surface area (Å²) in [5, 5.41) is 69.0. The summed E-state index contributed by atoms with van der Waals surface area (Å²) in [5.74, 6) is -0.130. The number of ether oxygens (including phenoxy) is 4. The average molecular weight is 450 g/mol. The number of aliphatic hydroxyl groups excluding tert-OH is 7. The van der Waals surface area contributed by atoms with E-state index in [0.717, 1.165) is 12.3 Å². The Bertz CT molecular complexity index is 784. The number of aliphatic hydroxyl groups is 7. The first-order valence-corrected chi connectivity index (χ1v) is 9.52. The lowest BCUT2D eigenvalue weighted by atomic mass is 9.98. The fraction of sp³-hybridized carbons (Fsp3) is 0.722. The van der Waals surface area contributed by atoms with Crippen LogP contribution in [0.4, 0.5) is 0 Å². The highest BCUT2D eigenvalue weighted by Gasteiger charge is 2.46. The van der Waals surface area contributed by atoms with Crippen LogP contribution in [-0.4, -0.2) is 110 Å². The van der Waals surface area contributed by atoms with Crippen molar-refractivity contribution in [2.24, 2.45) is 0 Å². The molecule has 31 heavy (non-hydrogen) atoms. The van der Waals surface area contributed by atoms with Crippen molar-refractivity contribution >= 4 is 0 Å². The fourth-order valence-electron chi connectivity index (χ4n) is 3.28. The van der Waals surface area contributed by atoms with Crippen molar-refractivity contribution in [3.63, 3.8) is 0 Å². The van der Waals surface area contributed by atoms with Crippen molar-refractivity contribution in [2.45, 2.75) is 68.3 Å². The highest BCUT2D eigenvalue weighted by molar-refractivity contribution is 5.23. The summed E-state index contributed by atoms with van der Waals surface area (Å²) in [7, 11) is 0. The summed E-state index contributed by atoms with van der Waals surface area (Å²) in [6.45, 7) is 0.696. The molecule has 2 aliphatic heterocycles. The molecule has 13 nitrogen and oxygen atoms in total. The molecule has 0 saturated carbocycles. The van der Waals surface area contributed by atoms with Gasteiger partial charge in [-0.15, -0.1) is 0 Å². The van der Waals surface area contributed by atoms with E-state index >= 15 is 0 Å². The first-order chi connectivity index (χ1) is 14.6. The van der Waals surface area contributed by atoms with Crippen LogP contribution in [0.2, 0.25) is 0 Å². The van der Waals surface area contributed by atoms with Crippen LogP contribution in [0.5, 0.6) is 5.75 Å². The van der Waals surface area contributed by atoms with E-state index in [-0.39, 0.29) is 24.7 Å². The van der Waals surface area contributed by atoms with Crippen molar-refractivity contribution in [1.29, 1.82) is 0 Å². The van der Waals surface area contributed by atoms with E-state index in [2.05, 4.69) is 0 Å². The highest BCUT2D eigenvalue weighted by atomic mass is 16.7.